The number of hydrogen-bond donors (Lipinski definition) is 1. The van der Waals surface area contributed by atoms with E-state index in [1.54, 1.807) is 0 Å². The maximum absolute atomic E-state index is 11.7. The lowest BCUT2D eigenvalue weighted by molar-refractivity contribution is -0.384. The monoisotopic (exact) mass is 302 g/mol. The number of hydrogen-bond acceptors (Lipinski definition) is 3. The molecule has 1 aliphatic rings. The Bertz CT molecular complexity index is 502. The van der Waals surface area contributed by atoms with Crippen LogP contribution >= 0.6 is 23.2 Å². The van der Waals surface area contributed by atoms with E-state index in [1.165, 1.54) is 24.3 Å². The Balaban J connectivity index is 1.81. The fourth-order valence-electron chi connectivity index (χ4n) is 1.78. The van der Waals surface area contributed by atoms with Crippen LogP contribution in [0.5, 0.6) is 0 Å². The molecule has 0 saturated heterocycles. The van der Waals surface area contributed by atoms with Crippen molar-refractivity contribution >= 4 is 34.8 Å². The molecule has 1 saturated carbocycles. The summed E-state index contributed by atoms with van der Waals surface area (Å²) >= 11 is 11.8. The summed E-state index contributed by atoms with van der Waals surface area (Å²) in [5.74, 6) is -0.0294. The van der Waals surface area contributed by atoms with Gasteiger partial charge in [-0.3, -0.25) is 14.9 Å². The first kappa shape index (κ1) is 14.1. The van der Waals surface area contributed by atoms with Crippen molar-refractivity contribution in [2.75, 3.05) is 6.54 Å². The highest BCUT2D eigenvalue weighted by Crippen LogP contribution is 2.54. The van der Waals surface area contributed by atoms with Gasteiger partial charge < -0.3 is 5.32 Å². The van der Waals surface area contributed by atoms with E-state index in [4.69, 9.17) is 23.2 Å². The molecular weight excluding hydrogens is 291 g/mol. The Kier molecular flexibility index (Phi) is 3.96. The molecule has 0 aliphatic heterocycles. The Morgan fingerprint density at radius 1 is 1.42 bits per heavy atom. The smallest absolute Gasteiger partial charge is 0.269 e. The minimum atomic E-state index is -0.627. The SMILES string of the molecule is O=C(NCC[C@@H]1CC1(Cl)Cl)c1ccc([N+](=O)[O-])cc1. The van der Waals surface area contributed by atoms with Gasteiger partial charge in [-0.05, 0) is 30.9 Å². The molecule has 102 valence electrons. The summed E-state index contributed by atoms with van der Waals surface area (Å²) in [6.45, 7) is 0.488. The molecule has 1 aromatic rings. The molecular formula is C12H12Cl2N2O3. The van der Waals surface area contributed by atoms with Crippen molar-refractivity contribution in [2.45, 2.75) is 17.2 Å². The molecule has 0 unspecified atom stereocenters. The van der Waals surface area contributed by atoms with E-state index >= 15 is 0 Å². The number of rotatable bonds is 5. The number of nitrogens with one attached hydrogen (secondary N) is 1. The zero-order chi connectivity index (χ0) is 14.0. The summed E-state index contributed by atoms with van der Waals surface area (Å²) in [5.41, 5.74) is 0.355. The van der Waals surface area contributed by atoms with Crippen LogP contribution in [0, 0.1) is 16.0 Å². The maximum Gasteiger partial charge on any atom is 0.269 e. The van der Waals surface area contributed by atoms with E-state index < -0.39 is 9.26 Å². The van der Waals surface area contributed by atoms with Crippen LogP contribution in [0.4, 0.5) is 5.69 Å². The Morgan fingerprint density at radius 2 is 2.00 bits per heavy atom. The zero-order valence-electron chi connectivity index (χ0n) is 9.94. The molecule has 1 N–H and O–H groups in total. The number of non-ortho nitro benzene ring substituents is 1. The van der Waals surface area contributed by atoms with Crippen molar-refractivity contribution in [3.63, 3.8) is 0 Å². The van der Waals surface area contributed by atoms with Crippen LogP contribution in [-0.4, -0.2) is 21.7 Å². The molecule has 2 rings (SSSR count). The van der Waals surface area contributed by atoms with Crippen molar-refractivity contribution in [3.05, 3.63) is 39.9 Å². The fourth-order valence-corrected chi connectivity index (χ4v) is 2.37. The number of nitrogens with zero attached hydrogens (tertiary/aromatic N) is 1. The molecule has 0 spiro atoms. The van der Waals surface area contributed by atoms with Crippen molar-refractivity contribution in [3.8, 4) is 0 Å². The van der Waals surface area contributed by atoms with Gasteiger partial charge in [0, 0.05) is 24.2 Å². The quantitative estimate of drug-likeness (QED) is 0.516. The standard InChI is InChI=1S/C12H12Cl2N2O3/c13-12(14)7-9(12)5-6-15-11(17)8-1-3-10(4-2-8)16(18)19/h1-4,9H,5-7H2,(H,15,17)/t9-/m1/s1. The first-order valence-corrected chi connectivity index (χ1v) is 6.56. The van der Waals surface area contributed by atoms with Crippen molar-refractivity contribution in [2.24, 2.45) is 5.92 Å². The molecule has 1 atom stereocenters. The molecule has 5 nitrogen and oxygen atoms in total. The second-order valence-electron chi connectivity index (χ2n) is 4.51. The topological polar surface area (TPSA) is 72.2 Å². The van der Waals surface area contributed by atoms with Gasteiger partial charge in [0.25, 0.3) is 11.6 Å². The third-order valence-electron chi connectivity index (χ3n) is 3.07. The van der Waals surface area contributed by atoms with Gasteiger partial charge in [-0.25, -0.2) is 0 Å². The van der Waals surface area contributed by atoms with Gasteiger partial charge in [0.1, 0.15) is 4.33 Å². The minimum Gasteiger partial charge on any atom is -0.352 e. The van der Waals surface area contributed by atoms with E-state index in [0.29, 0.717) is 12.1 Å². The number of halogens is 2. The summed E-state index contributed by atoms with van der Waals surface area (Å²) in [5, 5.41) is 13.2. The van der Waals surface area contributed by atoms with Gasteiger partial charge in [-0.1, -0.05) is 0 Å². The molecule has 1 fully saturated rings. The molecule has 1 amide bonds. The van der Waals surface area contributed by atoms with Crippen molar-refractivity contribution in [1.82, 2.24) is 5.32 Å². The summed E-state index contributed by atoms with van der Waals surface area (Å²) < 4.78 is -0.627. The second kappa shape index (κ2) is 5.35. The molecule has 0 radical (unpaired) electrons. The Hall–Kier alpha value is -1.33. The highest BCUT2D eigenvalue weighted by Gasteiger charge is 2.50. The predicted molar refractivity (Wildman–Crippen MR) is 72.6 cm³/mol. The summed E-state index contributed by atoms with van der Waals surface area (Å²) in [4.78, 5) is 21.7. The number of carbonyl (C=O) groups is 1. The molecule has 0 aromatic heterocycles. The summed E-state index contributed by atoms with van der Waals surface area (Å²) in [7, 11) is 0. The fraction of sp³-hybridized carbons (Fsp3) is 0.417. The first-order valence-electron chi connectivity index (χ1n) is 5.80. The number of nitro benzene ring substituents is 1. The van der Waals surface area contributed by atoms with Gasteiger partial charge in [0.15, 0.2) is 0 Å². The first-order chi connectivity index (χ1) is 8.90. The second-order valence-corrected chi connectivity index (χ2v) is 6.05. The number of nitro groups is 1. The van der Waals surface area contributed by atoms with E-state index in [-0.39, 0.29) is 17.5 Å². The van der Waals surface area contributed by atoms with Crippen LogP contribution in [-0.2, 0) is 0 Å². The predicted octanol–water partition coefficient (Wildman–Crippen LogP) is 2.91. The summed E-state index contributed by atoms with van der Waals surface area (Å²) in [6.07, 6.45) is 1.48. The molecule has 1 aromatic carbocycles. The normalized spacial score (nSPS) is 19.8. The third kappa shape index (κ3) is 3.58. The largest absolute Gasteiger partial charge is 0.352 e. The lowest BCUT2D eigenvalue weighted by Crippen LogP contribution is -2.25. The Labute approximate surface area is 120 Å². The number of alkyl halides is 2. The Morgan fingerprint density at radius 3 is 2.47 bits per heavy atom. The van der Waals surface area contributed by atoms with Crippen LogP contribution < -0.4 is 5.32 Å². The van der Waals surface area contributed by atoms with Crippen LogP contribution in [0.1, 0.15) is 23.2 Å². The molecule has 7 heteroatoms. The molecule has 0 heterocycles. The van der Waals surface area contributed by atoms with Crippen molar-refractivity contribution in [1.29, 1.82) is 0 Å². The van der Waals surface area contributed by atoms with Gasteiger partial charge in [0.05, 0.1) is 4.92 Å². The number of carbonyl (C=O) groups excluding carboxylic acids is 1. The molecule has 0 bridgehead atoms. The zero-order valence-corrected chi connectivity index (χ0v) is 11.4. The molecule has 19 heavy (non-hydrogen) atoms. The van der Waals surface area contributed by atoms with Gasteiger partial charge in [-0.15, -0.1) is 23.2 Å². The van der Waals surface area contributed by atoms with E-state index in [1.807, 2.05) is 0 Å². The lowest BCUT2D eigenvalue weighted by atomic mass is 10.2. The van der Waals surface area contributed by atoms with Crippen LogP contribution in [0.2, 0.25) is 0 Å². The van der Waals surface area contributed by atoms with Crippen molar-refractivity contribution < 1.29 is 9.72 Å². The third-order valence-corrected chi connectivity index (χ3v) is 4.00. The van der Waals surface area contributed by atoms with E-state index in [2.05, 4.69) is 5.32 Å². The lowest BCUT2D eigenvalue weighted by Gasteiger charge is -2.05. The van der Waals surface area contributed by atoms with Gasteiger partial charge in [-0.2, -0.15) is 0 Å². The van der Waals surface area contributed by atoms with Crippen LogP contribution in [0.25, 0.3) is 0 Å². The van der Waals surface area contributed by atoms with E-state index in [9.17, 15) is 14.9 Å². The number of benzene rings is 1. The van der Waals surface area contributed by atoms with Crippen LogP contribution in [0.3, 0.4) is 0 Å². The number of amides is 1. The van der Waals surface area contributed by atoms with Gasteiger partial charge >= 0.3 is 0 Å². The maximum atomic E-state index is 11.7. The highest BCUT2D eigenvalue weighted by atomic mass is 35.5. The molecule has 1 aliphatic carbocycles. The minimum absolute atomic E-state index is 0.0383. The summed E-state index contributed by atoms with van der Waals surface area (Å²) in [6, 6.07) is 5.46. The average Bonchev–Trinajstić information content (AvgIpc) is 2.97. The van der Waals surface area contributed by atoms with Gasteiger partial charge in [0.2, 0.25) is 0 Å². The average molecular weight is 303 g/mol. The highest BCUT2D eigenvalue weighted by molar-refractivity contribution is 6.50. The van der Waals surface area contributed by atoms with Crippen LogP contribution in [0.15, 0.2) is 24.3 Å². The van der Waals surface area contributed by atoms with E-state index in [0.717, 1.165) is 12.8 Å².